The predicted octanol–water partition coefficient (Wildman–Crippen LogP) is -0.889. The molecule has 0 aliphatic rings. The minimum absolute atomic E-state index is 0.0983. The summed E-state index contributed by atoms with van der Waals surface area (Å²) in [6.45, 7) is 0.222. The molecule has 3 rings (SSSR count). The number of nitrogens with one attached hydrogen (secondary N) is 4. The predicted molar refractivity (Wildman–Crippen MR) is 134 cm³/mol. The number of H-pyrrole nitrogens is 2. The van der Waals surface area contributed by atoms with E-state index in [1.807, 2.05) is 24.3 Å². The Balaban J connectivity index is 1.74. The molecule has 0 saturated carbocycles. The zero-order chi connectivity index (χ0) is 26.1. The van der Waals surface area contributed by atoms with E-state index in [9.17, 15) is 19.5 Å². The molecule has 0 bridgehead atoms. The van der Waals surface area contributed by atoms with Crippen LogP contribution in [0.3, 0.4) is 0 Å². The van der Waals surface area contributed by atoms with E-state index in [0.29, 0.717) is 12.1 Å². The highest BCUT2D eigenvalue weighted by atomic mass is 16.4. The minimum Gasteiger partial charge on any atom is -0.480 e. The number of aromatic amines is 2. The number of aromatic nitrogens is 3. The molecule has 0 aliphatic heterocycles. The number of fused-ring (bicyclic) bond motifs is 1. The Hall–Kier alpha value is -4.39. The second-order valence-electron chi connectivity index (χ2n) is 8.36. The van der Waals surface area contributed by atoms with Gasteiger partial charge >= 0.3 is 5.97 Å². The number of para-hydroxylation sites is 1. The van der Waals surface area contributed by atoms with Crippen LogP contribution in [-0.4, -0.2) is 68.5 Å². The Bertz CT molecular complexity index is 1200. The summed E-state index contributed by atoms with van der Waals surface area (Å²) in [4.78, 5) is 51.6. The lowest BCUT2D eigenvalue weighted by Crippen LogP contribution is -2.55. The topological polar surface area (TPSA) is 230 Å². The number of nitrogens with zero attached hydrogens (tertiary/aromatic N) is 2. The van der Waals surface area contributed by atoms with Crippen LogP contribution in [0.15, 0.2) is 48.0 Å². The van der Waals surface area contributed by atoms with E-state index in [1.165, 1.54) is 6.33 Å². The van der Waals surface area contributed by atoms with Crippen molar-refractivity contribution < 1.29 is 19.5 Å². The van der Waals surface area contributed by atoms with E-state index in [4.69, 9.17) is 17.2 Å². The maximum atomic E-state index is 13.2. The molecule has 0 aliphatic carbocycles. The van der Waals surface area contributed by atoms with Crippen LogP contribution in [0.5, 0.6) is 0 Å². The number of aliphatic imine (C=N–C) groups is 1. The second kappa shape index (κ2) is 12.4. The second-order valence-corrected chi connectivity index (χ2v) is 8.36. The fourth-order valence-corrected chi connectivity index (χ4v) is 3.77. The zero-order valence-corrected chi connectivity index (χ0v) is 19.6. The maximum absolute atomic E-state index is 13.2. The Morgan fingerprint density at radius 2 is 1.81 bits per heavy atom. The molecule has 13 nitrogen and oxygen atoms in total. The molecule has 11 N–H and O–H groups in total. The summed E-state index contributed by atoms with van der Waals surface area (Å²) in [6, 6.07) is 4.33. The molecule has 0 fully saturated rings. The van der Waals surface area contributed by atoms with E-state index in [1.54, 1.807) is 12.4 Å². The highest BCUT2D eigenvalue weighted by molar-refractivity contribution is 5.93. The number of carbonyl (C=O) groups excluding carboxylic acids is 2. The fraction of sp³-hybridized carbons (Fsp3) is 0.348. The van der Waals surface area contributed by atoms with Gasteiger partial charge in [-0.3, -0.25) is 14.6 Å². The van der Waals surface area contributed by atoms with E-state index < -0.39 is 35.9 Å². The molecule has 36 heavy (non-hydrogen) atoms. The first-order valence-electron chi connectivity index (χ1n) is 11.4. The van der Waals surface area contributed by atoms with Crippen LogP contribution in [0.2, 0.25) is 0 Å². The maximum Gasteiger partial charge on any atom is 0.326 e. The smallest absolute Gasteiger partial charge is 0.326 e. The Morgan fingerprint density at radius 1 is 1.06 bits per heavy atom. The van der Waals surface area contributed by atoms with Crippen molar-refractivity contribution in [1.82, 2.24) is 25.6 Å². The van der Waals surface area contributed by atoms with Crippen molar-refractivity contribution in [2.75, 3.05) is 6.54 Å². The van der Waals surface area contributed by atoms with Crippen molar-refractivity contribution in [1.29, 1.82) is 0 Å². The number of carbonyl (C=O) groups is 3. The molecule has 2 aromatic heterocycles. The van der Waals surface area contributed by atoms with Crippen LogP contribution in [0.1, 0.15) is 24.1 Å². The zero-order valence-electron chi connectivity index (χ0n) is 19.6. The number of amides is 2. The van der Waals surface area contributed by atoms with Crippen molar-refractivity contribution in [3.63, 3.8) is 0 Å². The van der Waals surface area contributed by atoms with Crippen LogP contribution in [-0.2, 0) is 27.2 Å². The summed E-state index contributed by atoms with van der Waals surface area (Å²) < 4.78 is 0. The third kappa shape index (κ3) is 7.30. The van der Waals surface area contributed by atoms with Crippen LogP contribution in [0.4, 0.5) is 0 Å². The van der Waals surface area contributed by atoms with E-state index in [2.05, 4.69) is 30.6 Å². The number of guanidine groups is 1. The van der Waals surface area contributed by atoms with E-state index in [0.717, 1.165) is 16.5 Å². The summed E-state index contributed by atoms with van der Waals surface area (Å²) in [5.41, 5.74) is 19.0. The standard InChI is InChI=1S/C23H31N9O4/c24-16(9-14-11-27-12-30-14)20(33)32-19(8-13-10-29-17-5-2-1-4-15(13)17)21(34)31-18(22(35)36)6-3-7-28-23(25)26/h1-2,4-5,10-12,16,18-19,29H,3,6-9,24H2,(H,27,30)(H,31,34)(H,32,33)(H,35,36)(H4,25,26,28)/t16-,18-,19-/m0/s1. The van der Waals surface area contributed by atoms with Crippen molar-refractivity contribution in [2.24, 2.45) is 22.2 Å². The Labute approximate surface area is 206 Å². The third-order valence-corrected chi connectivity index (χ3v) is 5.62. The molecule has 0 spiro atoms. The lowest BCUT2D eigenvalue weighted by molar-refractivity contribution is -0.142. The van der Waals surface area contributed by atoms with Crippen molar-refractivity contribution in [2.45, 2.75) is 43.8 Å². The largest absolute Gasteiger partial charge is 0.480 e. The van der Waals surface area contributed by atoms with Gasteiger partial charge in [0.15, 0.2) is 5.96 Å². The molecule has 3 atom stereocenters. The third-order valence-electron chi connectivity index (χ3n) is 5.62. The van der Waals surface area contributed by atoms with Gasteiger partial charge in [-0.1, -0.05) is 18.2 Å². The van der Waals surface area contributed by atoms with Gasteiger partial charge < -0.3 is 42.9 Å². The summed E-state index contributed by atoms with van der Waals surface area (Å²) in [7, 11) is 0. The first-order valence-corrected chi connectivity index (χ1v) is 11.4. The number of benzene rings is 1. The summed E-state index contributed by atoms with van der Waals surface area (Å²) >= 11 is 0. The van der Waals surface area contributed by atoms with Gasteiger partial charge in [0.1, 0.15) is 12.1 Å². The fourth-order valence-electron chi connectivity index (χ4n) is 3.77. The van der Waals surface area contributed by atoms with Gasteiger partial charge in [-0.2, -0.15) is 0 Å². The van der Waals surface area contributed by atoms with Crippen LogP contribution in [0, 0.1) is 0 Å². The molecule has 3 aromatic rings. The van der Waals surface area contributed by atoms with Crippen molar-refractivity contribution >= 4 is 34.6 Å². The SMILES string of the molecule is NC(N)=NCCC[C@H](NC(=O)[C@H](Cc1c[nH]c2ccccc12)NC(=O)[C@@H](N)Cc1cnc[nH]1)C(=O)O. The molecule has 13 heteroatoms. The van der Waals surface area contributed by atoms with Gasteiger partial charge in [-0.15, -0.1) is 0 Å². The van der Waals surface area contributed by atoms with Gasteiger partial charge in [0.05, 0.1) is 12.4 Å². The Kier molecular flexibility index (Phi) is 9.00. The van der Waals surface area contributed by atoms with Crippen LogP contribution >= 0.6 is 0 Å². The molecule has 0 unspecified atom stereocenters. The number of aliphatic carboxylic acids is 1. The summed E-state index contributed by atoms with van der Waals surface area (Å²) in [6.07, 6.45) is 5.55. The molecule has 1 aromatic carbocycles. The van der Waals surface area contributed by atoms with Gasteiger partial charge in [-0.25, -0.2) is 9.78 Å². The van der Waals surface area contributed by atoms with Crippen molar-refractivity contribution in [3.05, 3.63) is 54.2 Å². The first-order chi connectivity index (χ1) is 17.2. The number of nitrogens with two attached hydrogens (primary N) is 3. The van der Waals surface area contributed by atoms with Crippen molar-refractivity contribution in [3.8, 4) is 0 Å². The number of hydrogen-bond acceptors (Lipinski definition) is 6. The average molecular weight is 498 g/mol. The number of rotatable bonds is 13. The normalized spacial score (nSPS) is 13.5. The van der Waals surface area contributed by atoms with E-state index in [-0.39, 0.29) is 31.8 Å². The van der Waals surface area contributed by atoms with Crippen LogP contribution in [0.25, 0.3) is 10.9 Å². The number of hydrogen-bond donors (Lipinski definition) is 8. The monoisotopic (exact) mass is 497 g/mol. The highest BCUT2D eigenvalue weighted by Gasteiger charge is 2.29. The lowest BCUT2D eigenvalue weighted by Gasteiger charge is -2.23. The van der Waals surface area contributed by atoms with E-state index >= 15 is 0 Å². The number of carboxylic acids is 1. The van der Waals surface area contributed by atoms with Gasteiger partial charge in [0, 0.05) is 48.4 Å². The van der Waals surface area contributed by atoms with Crippen LogP contribution < -0.4 is 27.8 Å². The number of carboxylic acid groups (broad SMARTS) is 1. The molecule has 0 saturated heterocycles. The first kappa shape index (κ1) is 26.2. The Morgan fingerprint density at radius 3 is 2.50 bits per heavy atom. The number of imidazole rings is 1. The molecule has 0 radical (unpaired) electrons. The summed E-state index contributed by atoms with van der Waals surface area (Å²) in [5.74, 6) is -2.50. The molecule has 2 heterocycles. The quantitative estimate of drug-likeness (QED) is 0.0836. The highest BCUT2D eigenvalue weighted by Crippen LogP contribution is 2.19. The molecular weight excluding hydrogens is 466 g/mol. The van der Waals surface area contributed by atoms with Gasteiger partial charge in [-0.05, 0) is 24.5 Å². The molecule has 2 amide bonds. The average Bonchev–Trinajstić information content (AvgIpc) is 3.50. The van der Waals surface area contributed by atoms with Gasteiger partial charge in [0.2, 0.25) is 11.8 Å². The lowest BCUT2D eigenvalue weighted by atomic mass is 10.0. The summed E-state index contributed by atoms with van der Waals surface area (Å²) in [5, 5.41) is 15.7. The molecule has 192 valence electrons. The minimum atomic E-state index is -1.21. The van der Waals surface area contributed by atoms with Gasteiger partial charge in [0.25, 0.3) is 0 Å². The molecular formula is C23H31N9O4.